The molecule has 0 heterocycles. The van der Waals surface area contributed by atoms with Gasteiger partial charge in [-0.3, -0.25) is 9.59 Å². The highest BCUT2D eigenvalue weighted by Gasteiger charge is 2.15. The molecule has 0 aromatic rings. The van der Waals surface area contributed by atoms with Crippen LogP contribution < -0.4 is 10.6 Å². The lowest BCUT2D eigenvalue weighted by atomic mass is 10.1. The molecule has 0 aliphatic carbocycles. The molecule has 0 bridgehead atoms. The first-order valence-electron chi connectivity index (χ1n) is 4.45. The Bertz CT molecular complexity index is 221. The first-order chi connectivity index (χ1) is 6.22. The Morgan fingerprint density at radius 2 is 1.86 bits per heavy atom. The summed E-state index contributed by atoms with van der Waals surface area (Å²) < 4.78 is 0. The normalized spacial score (nSPS) is 13.2. The molecule has 5 heteroatoms. The van der Waals surface area contributed by atoms with Gasteiger partial charge in [-0.05, 0) is 27.7 Å². The topological polar surface area (TPSA) is 58.2 Å². The van der Waals surface area contributed by atoms with Crippen molar-refractivity contribution in [2.24, 2.45) is 0 Å². The van der Waals surface area contributed by atoms with Gasteiger partial charge in [0.1, 0.15) is 0 Å². The number of hydrogen-bond acceptors (Lipinski definition) is 2. The van der Waals surface area contributed by atoms with Crippen LogP contribution in [0.3, 0.4) is 0 Å². The Morgan fingerprint density at radius 3 is 2.21 bits per heavy atom. The van der Waals surface area contributed by atoms with Crippen molar-refractivity contribution < 1.29 is 9.59 Å². The maximum atomic E-state index is 11.2. The molecule has 14 heavy (non-hydrogen) atoms. The minimum Gasteiger partial charge on any atom is -0.350 e. The predicted molar refractivity (Wildman–Crippen MR) is 59.3 cm³/mol. The fourth-order valence-corrected chi connectivity index (χ4v) is 0.932. The number of halogens is 1. The van der Waals surface area contributed by atoms with Gasteiger partial charge in [0.2, 0.25) is 11.8 Å². The van der Waals surface area contributed by atoms with Crippen molar-refractivity contribution in [3.63, 3.8) is 0 Å². The highest BCUT2D eigenvalue weighted by molar-refractivity contribution is 9.10. The highest BCUT2D eigenvalue weighted by atomic mass is 79.9. The fourth-order valence-electron chi connectivity index (χ4n) is 0.770. The van der Waals surface area contributed by atoms with Crippen LogP contribution >= 0.6 is 15.9 Å². The predicted octanol–water partition coefficient (Wildman–Crippen LogP) is 0.801. The van der Waals surface area contributed by atoms with Crippen LogP contribution in [0.4, 0.5) is 0 Å². The van der Waals surface area contributed by atoms with E-state index in [9.17, 15) is 9.59 Å². The largest absolute Gasteiger partial charge is 0.350 e. The second-order valence-electron chi connectivity index (χ2n) is 4.13. The van der Waals surface area contributed by atoms with Gasteiger partial charge in [0.05, 0.1) is 11.4 Å². The summed E-state index contributed by atoms with van der Waals surface area (Å²) >= 11 is 3.11. The molecular formula is C9H17BrN2O2. The van der Waals surface area contributed by atoms with E-state index < -0.39 is 0 Å². The molecule has 0 aliphatic heterocycles. The molecule has 1 unspecified atom stereocenters. The van der Waals surface area contributed by atoms with Crippen LogP contribution in [0.2, 0.25) is 0 Å². The zero-order chi connectivity index (χ0) is 11.4. The molecular weight excluding hydrogens is 248 g/mol. The third kappa shape index (κ3) is 6.88. The SMILES string of the molecule is CC(Br)C(=O)NCC(=O)NC(C)(C)C. The zero-order valence-corrected chi connectivity index (χ0v) is 10.6. The molecule has 0 fully saturated rings. The van der Waals surface area contributed by atoms with Crippen LogP contribution in [0.1, 0.15) is 27.7 Å². The molecule has 0 rings (SSSR count). The van der Waals surface area contributed by atoms with Crippen molar-refractivity contribution >= 4 is 27.7 Å². The van der Waals surface area contributed by atoms with E-state index >= 15 is 0 Å². The summed E-state index contributed by atoms with van der Waals surface area (Å²) in [5.41, 5.74) is -0.262. The van der Waals surface area contributed by atoms with Crippen LogP contribution in [0.25, 0.3) is 0 Å². The summed E-state index contributed by atoms with van der Waals surface area (Å²) in [7, 11) is 0. The maximum absolute atomic E-state index is 11.2. The van der Waals surface area contributed by atoms with Crippen molar-refractivity contribution in [1.82, 2.24) is 10.6 Å². The van der Waals surface area contributed by atoms with Gasteiger partial charge in [-0.15, -0.1) is 0 Å². The number of carbonyl (C=O) groups excluding carboxylic acids is 2. The van der Waals surface area contributed by atoms with Gasteiger partial charge in [0.25, 0.3) is 0 Å². The third-order valence-corrected chi connectivity index (χ3v) is 1.71. The smallest absolute Gasteiger partial charge is 0.239 e. The fraction of sp³-hybridized carbons (Fsp3) is 0.778. The van der Waals surface area contributed by atoms with Crippen molar-refractivity contribution in [3.05, 3.63) is 0 Å². The molecule has 4 nitrogen and oxygen atoms in total. The van der Waals surface area contributed by atoms with Gasteiger partial charge >= 0.3 is 0 Å². The number of nitrogens with one attached hydrogen (secondary N) is 2. The van der Waals surface area contributed by atoms with Crippen LogP contribution in [0, 0.1) is 0 Å². The van der Waals surface area contributed by atoms with E-state index in [0.717, 1.165) is 0 Å². The molecule has 0 saturated heterocycles. The molecule has 0 aromatic carbocycles. The lowest BCUT2D eigenvalue weighted by Crippen LogP contribution is -2.46. The van der Waals surface area contributed by atoms with Gasteiger partial charge in [-0.1, -0.05) is 15.9 Å². The molecule has 0 aliphatic rings. The lowest BCUT2D eigenvalue weighted by molar-refractivity contribution is -0.126. The molecule has 2 amide bonds. The monoisotopic (exact) mass is 264 g/mol. The van der Waals surface area contributed by atoms with Gasteiger partial charge in [-0.25, -0.2) is 0 Å². The van der Waals surface area contributed by atoms with E-state index in [2.05, 4.69) is 26.6 Å². The Kier molecular flexibility index (Phi) is 5.12. The summed E-state index contributed by atoms with van der Waals surface area (Å²) in [4.78, 5) is 22.0. The number of rotatable bonds is 3. The van der Waals surface area contributed by atoms with Gasteiger partial charge < -0.3 is 10.6 Å². The Labute approximate surface area is 92.9 Å². The summed E-state index contributed by atoms with van der Waals surface area (Å²) in [5, 5.41) is 5.25. The van der Waals surface area contributed by atoms with Gasteiger partial charge in [0, 0.05) is 5.54 Å². The quantitative estimate of drug-likeness (QED) is 0.741. The van der Waals surface area contributed by atoms with Crippen LogP contribution in [-0.2, 0) is 9.59 Å². The number of amides is 2. The Morgan fingerprint density at radius 1 is 1.36 bits per heavy atom. The van der Waals surface area contributed by atoms with Gasteiger partial charge in [-0.2, -0.15) is 0 Å². The molecule has 2 N–H and O–H groups in total. The molecule has 0 aromatic heterocycles. The average molecular weight is 265 g/mol. The standard InChI is InChI=1S/C9H17BrN2O2/c1-6(10)8(14)11-5-7(13)12-9(2,3)4/h6H,5H2,1-4H3,(H,11,14)(H,12,13). The third-order valence-electron chi connectivity index (χ3n) is 1.30. The van der Waals surface area contributed by atoms with Crippen LogP contribution in [0.15, 0.2) is 0 Å². The van der Waals surface area contributed by atoms with E-state index in [1.807, 2.05) is 20.8 Å². The molecule has 1 atom stereocenters. The van der Waals surface area contributed by atoms with Crippen molar-refractivity contribution in [2.75, 3.05) is 6.54 Å². The summed E-state index contributed by atoms with van der Waals surface area (Å²) in [6.45, 7) is 7.39. The highest BCUT2D eigenvalue weighted by Crippen LogP contribution is 1.98. The van der Waals surface area contributed by atoms with E-state index in [0.29, 0.717) is 0 Å². The minimum absolute atomic E-state index is 0.0199. The molecule has 0 saturated carbocycles. The number of alkyl halides is 1. The second-order valence-corrected chi connectivity index (χ2v) is 5.51. The first kappa shape index (κ1) is 13.4. The molecule has 0 spiro atoms. The van der Waals surface area contributed by atoms with E-state index in [-0.39, 0.29) is 28.7 Å². The average Bonchev–Trinajstić information content (AvgIpc) is 1.96. The summed E-state index contributed by atoms with van der Waals surface area (Å²) in [6.07, 6.45) is 0. The second kappa shape index (κ2) is 5.34. The minimum atomic E-state index is -0.273. The zero-order valence-electron chi connectivity index (χ0n) is 8.98. The van der Waals surface area contributed by atoms with E-state index in [1.54, 1.807) is 6.92 Å². The van der Waals surface area contributed by atoms with Gasteiger partial charge in [0.15, 0.2) is 0 Å². The van der Waals surface area contributed by atoms with Crippen LogP contribution in [0.5, 0.6) is 0 Å². The van der Waals surface area contributed by atoms with Crippen molar-refractivity contribution in [2.45, 2.75) is 38.1 Å². The Balaban J connectivity index is 3.81. The van der Waals surface area contributed by atoms with E-state index in [1.165, 1.54) is 0 Å². The summed E-state index contributed by atoms with van der Waals surface area (Å²) in [6, 6.07) is 0. The van der Waals surface area contributed by atoms with Crippen molar-refractivity contribution in [3.8, 4) is 0 Å². The first-order valence-corrected chi connectivity index (χ1v) is 5.37. The maximum Gasteiger partial charge on any atom is 0.239 e. The summed E-state index contributed by atoms with van der Waals surface area (Å²) in [5.74, 6) is -0.368. The van der Waals surface area contributed by atoms with Crippen LogP contribution in [-0.4, -0.2) is 28.7 Å². The Hall–Kier alpha value is -0.580. The number of carbonyl (C=O) groups is 2. The number of hydrogen-bond donors (Lipinski definition) is 2. The van der Waals surface area contributed by atoms with E-state index in [4.69, 9.17) is 0 Å². The molecule has 0 radical (unpaired) electrons. The van der Waals surface area contributed by atoms with Crippen molar-refractivity contribution in [1.29, 1.82) is 0 Å². The molecule has 82 valence electrons. The lowest BCUT2D eigenvalue weighted by Gasteiger charge is -2.20.